The van der Waals surface area contributed by atoms with Crippen LogP contribution in [0.25, 0.3) is 0 Å². The number of ketones is 1. The molecular weight excluding hydrogens is 266 g/mol. The summed E-state index contributed by atoms with van der Waals surface area (Å²) < 4.78 is 12.1. The van der Waals surface area contributed by atoms with E-state index in [1.165, 1.54) is 32.6 Å². The highest BCUT2D eigenvalue weighted by atomic mass is 16.6. The number of nitrogens with two attached hydrogens (primary N) is 1. The van der Waals surface area contributed by atoms with Gasteiger partial charge in [0.05, 0.1) is 17.3 Å². The minimum absolute atomic E-state index is 0.0306. The molecule has 1 aromatic rings. The second-order valence-electron chi connectivity index (χ2n) is 6.29. The van der Waals surface area contributed by atoms with Crippen molar-refractivity contribution in [3.8, 4) is 5.75 Å². The standard InChI is InChI=1S/C17H23NO3/c1-12(19)15-10-13(18)4-5-16(15)20-11-14-6-9-17(21-14)7-2-3-8-17/h4-5,10,14H,2-3,6-9,11,18H2,1H3. The molecule has 0 radical (unpaired) electrons. The number of hydrogen-bond donors (Lipinski definition) is 1. The fourth-order valence-corrected chi connectivity index (χ4v) is 3.53. The van der Waals surface area contributed by atoms with Crippen molar-refractivity contribution in [3.05, 3.63) is 23.8 Å². The van der Waals surface area contributed by atoms with Gasteiger partial charge in [-0.15, -0.1) is 0 Å². The van der Waals surface area contributed by atoms with Crippen LogP contribution in [0.15, 0.2) is 18.2 Å². The molecule has 2 fully saturated rings. The monoisotopic (exact) mass is 289 g/mol. The summed E-state index contributed by atoms with van der Waals surface area (Å²) in [5.41, 5.74) is 6.98. The lowest BCUT2D eigenvalue weighted by Crippen LogP contribution is -2.27. The molecule has 1 spiro atoms. The maximum atomic E-state index is 11.7. The third-order valence-electron chi connectivity index (χ3n) is 4.66. The van der Waals surface area contributed by atoms with Gasteiger partial charge in [0.15, 0.2) is 5.78 Å². The van der Waals surface area contributed by atoms with Crippen LogP contribution in [-0.4, -0.2) is 24.1 Å². The molecule has 1 saturated heterocycles. The zero-order valence-corrected chi connectivity index (χ0v) is 12.6. The second kappa shape index (κ2) is 5.68. The maximum Gasteiger partial charge on any atom is 0.163 e. The van der Waals surface area contributed by atoms with Crippen LogP contribution < -0.4 is 10.5 Å². The summed E-state index contributed by atoms with van der Waals surface area (Å²) in [5, 5.41) is 0. The summed E-state index contributed by atoms with van der Waals surface area (Å²) >= 11 is 0. The lowest BCUT2D eigenvalue weighted by atomic mass is 9.98. The van der Waals surface area contributed by atoms with E-state index in [4.69, 9.17) is 15.2 Å². The molecule has 1 aliphatic heterocycles. The summed E-state index contributed by atoms with van der Waals surface area (Å²) in [6, 6.07) is 5.20. The van der Waals surface area contributed by atoms with E-state index >= 15 is 0 Å². The van der Waals surface area contributed by atoms with Crippen LogP contribution in [0.1, 0.15) is 55.8 Å². The summed E-state index contributed by atoms with van der Waals surface area (Å²) in [4.78, 5) is 11.7. The lowest BCUT2D eigenvalue weighted by Gasteiger charge is -2.24. The Kier molecular flexibility index (Phi) is 3.89. The summed E-state index contributed by atoms with van der Waals surface area (Å²) in [6.07, 6.45) is 7.25. The molecule has 1 unspecified atom stereocenters. The van der Waals surface area contributed by atoms with Gasteiger partial charge in [0.1, 0.15) is 12.4 Å². The molecule has 0 amide bonds. The molecule has 2 aliphatic rings. The van der Waals surface area contributed by atoms with E-state index in [0.29, 0.717) is 23.6 Å². The number of ether oxygens (including phenoxy) is 2. The average molecular weight is 289 g/mol. The van der Waals surface area contributed by atoms with Gasteiger partial charge in [0, 0.05) is 5.69 Å². The first-order valence-corrected chi connectivity index (χ1v) is 7.79. The molecule has 3 rings (SSSR count). The van der Waals surface area contributed by atoms with Crippen molar-refractivity contribution in [2.75, 3.05) is 12.3 Å². The molecule has 0 aromatic heterocycles. The SMILES string of the molecule is CC(=O)c1cc(N)ccc1OCC1CCC2(CCCC2)O1. The Morgan fingerprint density at radius 3 is 2.86 bits per heavy atom. The number of carbonyl (C=O) groups excluding carboxylic acids is 1. The van der Waals surface area contributed by atoms with E-state index in [0.717, 1.165) is 12.8 Å². The van der Waals surface area contributed by atoms with Crippen molar-refractivity contribution in [1.82, 2.24) is 0 Å². The fraction of sp³-hybridized carbons (Fsp3) is 0.588. The molecule has 1 aliphatic carbocycles. The first-order chi connectivity index (χ1) is 10.1. The lowest BCUT2D eigenvalue weighted by molar-refractivity contribution is -0.0509. The van der Waals surface area contributed by atoms with Crippen LogP contribution in [0.5, 0.6) is 5.75 Å². The van der Waals surface area contributed by atoms with Crippen molar-refractivity contribution in [3.63, 3.8) is 0 Å². The smallest absolute Gasteiger partial charge is 0.163 e. The van der Waals surface area contributed by atoms with E-state index in [2.05, 4.69) is 0 Å². The van der Waals surface area contributed by atoms with Crippen LogP contribution in [-0.2, 0) is 4.74 Å². The number of benzene rings is 1. The number of carbonyl (C=O) groups is 1. The molecule has 4 heteroatoms. The quantitative estimate of drug-likeness (QED) is 0.682. The molecule has 114 valence electrons. The van der Waals surface area contributed by atoms with Gasteiger partial charge in [-0.3, -0.25) is 4.79 Å². The highest BCUT2D eigenvalue weighted by Gasteiger charge is 2.42. The van der Waals surface area contributed by atoms with E-state index in [9.17, 15) is 4.79 Å². The highest BCUT2D eigenvalue weighted by molar-refractivity contribution is 5.97. The Morgan fingerprint density at radius 2 is 2.14 bits per heavy atom. The number of rotatable bonds is 4. The minimum Gasteiger partial charge on any atom is -0.490 e. The normalized spacial score (nSPS) is 23.6. The van der Waals surface area contributed by atoms with E-state index in [1.54, 1.807) is 18.2 Å². The number of nitrogen functional groups attached to an aromatic ring is 1. The zero-order valence-electron chi connectivity index (χ0n) is 12.6. The van der Waals surface area contributed by atoms with Gasteiger partial charge in [-0.2, -0.15) is 0 Å². The number of hydrogen-bond acceptors (Lipinski definition) is 4. The second-order valence-corrected chi connectivity index (χ2v) is 6.29. The molecule has 4 nitrogen and oxygen atoms in total. The van der Waals surface area contributed by atoms with Gasteiger partial charge in [-0.1, -0.05) is 12.8 Å². The third kappa shape index (κ3) is 3.05. The van der Waals surface area contributed by atoms with Crippen molar-refractivity contribution in [2.45, 2.75) is 57.2 Å². The first kappa shape index (κ1) is 14.4. The first-order valence-electron chi connectivity index (χ1n) is 7.79. The van der Waals surface area contributed by atoms with Crippen molar-refractivity contribution >= 4 is 11.5 Å². The Bertz CT molecular complexity index is 535. The van der Waals surface area contributed by atoms with Crippen LogP contribution in [0, 0.1) is 0 Å². The molecule has 1 saturated carbocycles. The van der Waals surface area contributed by atoms with Crippen LogP contribution in [0.2, 0.25) is 0 Å². The Balaban J connectivity index is 1.62. The topological polar surface area (TPSA) is 61.6 Å². The van der Waals surface area contributed by atoms with Crippen LogP contribution >= 0.6 is 0 Å². The number of anilines is 1. The van der Waals surface area contributed by atoms with Crippen molar-refractivity contribution in [1.29, 1.82) is 0 Å². The maximum absolute atomic E-state index is 11.7. The number of Topliss-reactive ketones (excluding diaryl/α,β-unsaturated/α-hetero) is 1. The van der Waals surface area contributed by atoms with Crippen LogP contribution in [0.4, 0.5) is 5.69 Å². The van der Waals surface area contributed by atoms with Gasteiger partial charge in [-0.05, 0) is 50.8 Å². The molecule has 0 bridgehead atoms. The van der Waals surface area contributed by atoms with Crippen LogP contribution in [0.3, 0.4) is 0 Å². The largest absolute Gasteiger partial charge is 0.490 e. The van der Waals surface area contributed by atoms with Gasteiger partial charge < -0.3 is 15.2 Å². The Morgan fingerprint density at radius 1 is 1.38 bits per heavy atom. The predicted molar refractivity (Wildman–Crippen MR) is 81.7 cm³/mol. The van der Waals surface area contributed by atoms with Gasteiger partial charge >= 0.3 is 0 Å². The van der Waals surface area contributed by atoms with Gasteiger partial charge in [0.25, 0.3) is 0 Å². The van der Waals surface area contributed by atoms with E-state index < -0.39 is 0 Å². The van der Waals surface area contributed by atoms with Gasteiger partial charge in [-0.25, -0.2) is 0 Å². The molecule has 2 N–H and O–H groups in total. The summed E-state index contributed by atoms with van der Waals surface area (Å²) in [6.45, 7) is 2.03. The Hall–Kier alpha value is -1.55. The molecule has 21 heavy (non-hydrogen) atoms. The third-order valence-corrected chi connectivity index (χ3v) is 4.66. The van der Waals surface area contributed by atoms with Crippen molar-refractivity contribution in [2.24, 2.45) is 0 Å². The van der Waals surface area contributed by atoms with E-state index in [1.807, 2.05) is 0 Å². The fourth-order valence-electron chi connectivity index (χ4n) is 3.53. The average Bonchev–Trinajstić information content (AvgIpc) is 3.08. The summed E-state index contributed by atoms with van der Waals surface area (Å²) in [5.74, 6) is 0.574. The highest BCUT2D eigenvalue weighted by Crippen LogP contribution is 2.43. The molecular formula is C17H23NO3. The zero-order chi connectivity index (χ0) is 14.9. The Labute approximate surface area is 125 Å². The summed E-state index contributed by atoms with van der Waals surface area (Å²) in [7, 11) is 0. The predicted octanol–water partition coefficient (Wildman–Crippen LogP) is 3.34. The molecule has 1 atom stereocenters. The van der Waals surface area contributed by atoms with Gasteiger partial charge in [0.2, 0.25) is 0 Å². The molecule has 1 heterocycles. The minimum atomic E-state index is -0.0306. The molecule has 1 aromatic carbocycles. The van der Waals surface area contributed by atoms with Crippen molar-refractivity contribution < 1.29 is 14.3 Å². The van der Waals surface area contributed by atoms with E-state index in [-0.39, 0.29) is 17.5 Å².